The predicted molar refractivity (Wildman–Crippen MR) is 119 cm³/mol. The molecule has 158 valence electrons. The van der Waals surface area contributed by atoms with Gasteiger partial charge in [-0.1, -0.05) is 23.5 Å². The molecule has 0 aliphatic carbocycles. The third-order valence-corrected chi connectivity index (χ3v) is 6.59. The number of nitrogens with two attached hydrogens (primary N) is 1. The molecule has 0 saturated carbocycles. The zero-order valence-corrected chi connectivity index (χ0v) is 18.1. The maximum atomic E-state index is 13.3. The third-order valence-electron chi connectivity index (χ3n) is 5.61. The second-order valence-electron chi connectivity index (χ2n) is 7.85. The second kappa shape index (κ2) is 8.55. The molecule has 30 heavy (non-hydrogen) atoms. The van der Waals surface area contributed by atoms with Crippen molar-refractivity contribution in [3.05, 3.63) is 47.4 Å². The number of nitrogens with zero attached hydrogens (tertiary/aromatic N) is 4. The lowest BCUT2D eigenvalue weighted by atomic mass is 10.1. The van der Waals surface area contributed by atoms with Crippen molar-refractivity contribution in [1.29, 1.82) is 0 Å². The lowest BCUT2D eigenvalue weighted by Gasteiger charge is -2.41. The van der Waals surface area contributed by atoms with Crippen molar-refractivity contribution >= 4 is 38.4 Å². The Kier molecular flexibility index (Phi) is 5.85. The van der Waals surface area contributed by atoms with Gasteiger partial charge in [-0.3, -0.25) is 4.79 Å². The lowest BCUT2D eigenvalue weighted by Crippen LogP contribution is -2.54. The first kappa shape index (κ1) is 20.5. The number of halogens is 1. The van der Waals surface area contributed by atoms with Crippen molar-refractivity contribution in [2.24, 2.45) is 0 Å². The van der Waals surface area contributed by atoms with E-state index in [9.17, 15) is 9.18 Å². The summed E-state index contributed by atoms with van der Waals surface area (Å²) in [6.07, 6.45) is 3.39. The molecule has 1 saturated heterocycles. The first-order valence-corrected chi connectivity index (χ1v) is 11.0. The number of piperazine rings is 1. The fourth-order valence-electron chi connectivity index (χ4n) is 4.18. The lowest BCUT2D eigenvalue weighted by molar-refractivity contribution is -0.133. The van der Waals surface area contributed by atoms with Crippen LogP contribution in [0.1, 0.15) is 30.9 Å². The quantitative estimate of drug-likeness (QED) is 0.671. The van der Waals surface area contributed by atoms with Crippen molar-refractivity contribution in [2.45, 2.75) is 39.2 Å². The number of hydrogen-bond donors (Lipinski definition) is 1. The zero-order chi connectivity index (χ0) is 21.3. The van der Waals surface area contributed by atoms with Gasteiger partial charge >= 0.3 is 0 Å². The molecule has 2 N–H and O–H groups in total. The maximum absolute atomic E-state index is 13.3. The fourth-order valence-corrected chi connectivity index (χ4v) is 5.05. The number of benzene rings is 1. The number of thiazole rings is 1. The van der Waals surface area contributed by atoms with Gasteiger partial charge in [0.05, 0.1) is 16.4 Å². The van der Waals surface area contributed by atoms with Crippen LogP contribution in [0, 0.1) is 12.7 Å². The second-order valence-corrected chi connectivity index (χ2v) is 8.88. The van der Waals surface area contributed by atoms with Crippen molar-refractivity contribution in [2.75, 3.05) is 30.3 Å². The molecule has 1 aromatic carbocycles. The number of rotatable bonds is 5. The zero-order valence-electron chi connectivity index (χ0n) is 17.3. The average Bonchev–Trinajstić information content (AvgIpc) is 3.09. The van der Waals surface area contributed by atoms with Gasteiger partial charge in [0.15, 0.2) is 5.13 Å². The van der Waals surface area contributed by atoms with Gasteiger partial charge < -0.3 is 15.5 Å². The van der Waals surface area contributed by atoms with Crippen LogP contribution < -0.4 is 10.6 Å². The molecule has 0 spiro atoms. The molecule has 8 heteroatoms. The Morgan fingerprint density at radius 3 is 2.97 bits per heavy atom. The van der Waals surface area contributed by atoms with Crippen molar-refractivity contribution in [1.82, 2.24) is 14.9 Å². The number of carbonyl (C=O) groups excluding carboxylic acids is 1. The van der Waals surface area contributed by atoms with E-state index >= 15 is 0 Å². The van der Waals surface area contributed by atoms with E-state index in [1.165, 1.54) is 29.2 Å². The van der Waals surface area contributed by atoms with Crippen LogP contribution in [-0.2, 0) is 11.2 Å². The van der Waals surface area contributed by atoms with Gasteiger partial charge in [0.2, 0.25) is 5.91 Å². The molecule has 1 aliphatic rings. The summed E-state index contributed by atoms with van der Waals surface area (Å²) in [5.41, 5.74) is 8.78. The van der Waals surface area contributed by atoms with Crippen LogP contribution in [0.5, 0.6) is 0 Å². The number of fused-ring (bicyclic) bond motifs is 1. The molecule has 1 amide bonds. The summed E-state index contributed by atoms with van der Waals surface area (Å²) in [7, 11) is 0. The highest BCUT2D eigenvalue weighted by molar-refractivity contribution is 7.22. The molecule has 3 aromatic rings. The Labute approximate surface area is 179 Å². The number of carbonyl (C=O) groups is 1. The number of amides is 1. The Balaban J connectivity index is 1.33. The van der Waals surface area contributed by atoms with E-state index in [0.29, 0.717) is 31.2 Å². The van der Waals surface area contributed by atoms with Gasteiger partial charge in [-0.25, -0.2) is 14.4 Å². The van der Waals surface area contributed by atoms with Crippen LogP contribution in [0.15, 0.2) is 30.5 Å². The summed E-state index contributed by atoms with van der Waals surface area (Å²) in [4.78, 5) is 25.5. The van der Waals surface area contributed by atoms with E-state index in [0.717, 1.165) is 34.4 Å². The normalized spacial score (nSPS) is 17.0. The number of anilines is 2. The molecule has 1 atom stereocenters. The summed E-state index contributed by atoms with van der Waals surface area (Å²) >= 11 is 1.50. The Morgan fingerprint density at radius 1 is 1.37 bits per heavy atom. The number of nitrogen functional groups attached to an aromatic ring is 1. The Hall–Kier alpha value is -2.74. The molecule has 6 nitrogen and oxygen atoms in total. The third kappa shape index (κ3) is 4.23. The van der Waals surface area contributed by atoms with E-state index in [2.05, 4.69) is 27.9 Å². The highest BCUT2D eigenvalue weighted by atomic mass is 32.1. The molecule has 1 fully saturated rings. The molecular weight excluding hydrogens is 401 g/mol. The van der Waals surface area contributed by atoms with Gasteiger partial charge in [0.1, 0.15) is 11.6 Å². The fraction of sp³-hybridized carbons (Fsp3) is 0.409. The van der Waals surface area contributed by atoms with E-state index in [-0.39, 0.29) is 17.8 Å². The SMILES string of the molecule is Cc1cc(F)cnc1N1CCN(C(=O)CCCc2cccc3nc(N)sc23)[C@@H](C)C1. The van der Waals surface area contributed by atoms with Crippen LogP contribution >= 0.6 is 11.3 Å². The van der Waals surface area contributed by atoms with Gasteiger partial charge in [-0.15, -0.1) is 0 Å². The van der Waals surface area contributed by atoms with E-state index in [1.54, 1.807) is 0 Å². The van der Waals surface area contributed by atoms with Crippen molar-refractivity contribution in [3.63, 3.8) is 0 Å². The summed E-state index contributed by atoms with van der Waals surface area (Å²) in [5, 5.41) is 0.575. The van der Waals surface area contributed by atoms with Gasteiger partial charge in [0.25, 0.3) is 0 Å². The minimum atomic E-state index is -0.324. The topological polar surface area (TPSA) is 75.4 Å². The van der Waals surface area contributed by atoms with Gasteiger partial charge in [0, 0.05) is 32.1 Å². The molecular formula is C22H26FN5OS. The first-order valence-electron chi connectivity index (χ1n) is 10.2. The molecule has 1 aliphatic heterocycles. The standard InChI is InChI=1S/C22H26FN5OS/c1-14-11-17(23)12-25-21(14)27-9-10-28(15(2)13-27)19(29)8-4-6-16-5-3-7-18-20(16)30-22(24)26-18/h3,5,7,11-12,15H,4,6,8-10,13H2,1-2H3,(H2,24,26)/t15-/m0/s1. The van der Waals surface area contributed by atoms with E-state index < -0.39 is 0 Å². The van der Waals surface area contributed by atoms with Crippen molar-refractivity contribution in [3.8, 4) is 0 Å². The summed E-state index contributed by atoms with van der Waals surface area (Å²) in [5.74, 6) is 0.657. The summed E-state index contributed by atoms with van der Waals surface area (Å²) < 4.78 is 14.5. The highest BCUT2D eigenvalue weighted by Gasteiger charge is 2.28. The number of pyridine rings is 1. The molecule has 0 bridgehead atoms. The molecule has 3 heterocycles. The monoisotopic (exact) mass is 427 g/mol. The molecule has 4 rings (SSSR count). The van der Waals surface area contributed by atoms with Crippen molar-refractivity contribution < 1.29 is 9.18 Å². The van der Waals surface area contributed by atoms with Gasteiger partial charge in [-0.2, -0.15) is 0 Å². The van der Waals surface area contributed by atoms with E-state index in [4.69, 9.17) is 5.73 Å². The Bertz CT molecular complexity index is 1070. The molecule has 0 unspecified atom stereocenters. The number of aromatic nitrogens is 2. The van der Waals surface area contributed by atoms with Crippen LogP contribution in [-0.4, -0.2) is 46.5 Å². The predicted octanol–water partition coefficient (Wildman–Crippen LogP) is 3.78. The molecule has 2 aromatic heterocycles. The maximum Gasteiger partial charge on any atom is 0.222 e. The summed E-state index contributed by atoms with van der Waals surface area (Å²) in [6.45, 7) is 5.98. The van der Waals surface area contributed by atoms with Crippen LogP contribution in [0.4, 0.5) is 15.3 Å². The van der Waals surface area contributed by atoms with Gasteiger partial charge in [-0.05, 0) is 49.9 Å². The average molecular weight is 428 g/mol. The number of aryl methyl sites for hydroxylation is 2. The molecule has 0 radical (unpaired) electrons. The minimum absolute atomic E-state index is 0.0854. The smallest absolute Gasteiger partial charge is 0.222 e. The van der Waals surface area contributed by atoms with E-state index in [1.807, 2.05) is 24.0 Å². The summed E-state index contributed by atoms with van der Waals surface area (Å²) in [6, 6.07) is 7.63. The first-order chi connectivity index (χ1) is 14.4. The highest BCUT2D eigenvalue weighted by Crippen LogP contribution is 2.28. The largest absolute Gasteiger partial charge is 0.375 e. The van der Waals surface area contributed by atoms with Crippen LogP contribution in [0.2, 0.25) is 0 Å². The van der Waals surface area contributed by atoms with Crippen LogP contribution in [0.3, 0.4) is 0 Å². The minimum Gasteiger partial charge on any atom is -0.375 e. The number of hydrogen-bond acceptors (Lipinski definition) is 6. The Morgan fingerprint density at radius 2 is 2.20 bits per heavy atom. The van der Waals surface area contributed by atoms with Crippen LogP contribution in [0.25, 0.3) is 10.2 Å².